The molecule has 0 bridgehead atoms. The zero-order valence-electron chi connectivity index (χ0n) is 7.63. The van der Waals surface area contributed by atoms with Crippen LogP contribution in [-0.2, 0) is 0 Å². The van der Waals surface area contributed by atoms with Crippen molar-refractivity contribution in [2.24, 2.45) is 5.92 Å². The minimum atomic E-state index is 0.454. The predicted octanol–water partition coefficient (Wildman–Crippen LogP) is 1.89. The molecule has 2 unspecified atom stereocenters. The van der Waals surface area contributed by atoms with E-state index in [2.05, 4.69) is 52.4 Å². The highest BCUT2D eigenvalue weighted by molar-refractivity contribution is 7.81. The molecule has 0 aromatic heterocycles. The lowest BCUT2D eigenvalue weighted by Crippen LogP contribution is -2.39. The van der Waals surface area contributed by atoms with Crippen LogP contribution in [0.15, 0.2) is 0 Å². The maximum atomic E-state index is 4.43. The summed E-state index contributed by atoms with van der Waals surface area (Å²) in [6.07, 6.45) is 0. The first-order chi connectivity index (χ1) is 4.46. The lowest BCUT2D eigenvalue weighted by Gasteiger charge is -2.30. The Balaban J connectivity index is 3.98. The van der Waals surface area contributed by atoms with Crippen molar-refractivity contribution in [1.82, 2.24) is 4.90 Å². The average molecular weight is 161 g/mol. The summed E-state index contributed by atoms with van der Waals surface area (Å²) in [6, 6.07) is 0.586. The molecule has 0 rings (SSSR count). The number of hydrogen-bond donors (Lipinski definition) is 1. The molecule has 62 valence electrons. The molecule has 0 aromatic carbocycles. The summed E-state index contributed by atoms with van der Waals surface area (Å²) >= 11 is 4.43. The standard InChI is InChI=1S/C8H19NS/c1-6(2)8(7(3)10)9(4)5/h6-8,10H,1-5H3. The summed E-state index contributed by atoms with van der Waals surface area (Å²) in [7, 11) is 4.22. The van der Waals surface area contributed by atoms with Crippen molar-refractivity contribution in [1.29, 1.82) is 0 Å². The van der Waals surface area contributed by atoms with Gasteiger partial charge in [-0.05, 0) is 20.0 Å². The molecule has 0 spiro atoms. The van der Waals surface area contributed by atoms with Gasteiger partial charge in [0.2, 0.25) is 0 Å². The summed E-state index contributed by atoms with van der Waals surface area (Å²) in [5.74, 6) is 0.683. The largest absolute Gasteiger partial charge is 0.305 e. The van der Waals surface area contributed by atoms with Gasteiger partial charge in [-0.1, -0.05) is 20.8 Å². The Morgan fingerprint density at radius 3 is 1.50 bits per heavy atom. The van der Waals surface area contributed by atoms with Crippen LogP contribution in [0.5, 0.6) is 0 Å². The fraction of sp³-hybridized carbons (Fsp3) is 1.00. The fourth-order valence-electron chi connectivity index (χ4n) is 1.58. The molecule has 0 radical (unpaired) electrons. The normalized spacial score (nSPS) is 18.0. The zero-order valence-corrected chi connectivity index (χ0v) is 8.52. The molecule has 2 atom stereocenters. The molecule has 0 fully saturated rings. The van der Waals surface area contributed by atoms with Crippen LogP contribution in [-0.4, -0.2) is 30.3 Å². The third-order valence-corrected chi connectivity index (χ3v) is 2.08. The van der Waals surface area contributed by atoms with E-state index in [1.165, 1.54) is 0 Å². The van der Waals surface area contributed by atoms with E-state index in [1.807, 2.05) is 0 Å². The molecule has 0 saturated carbocycles. The predicted molar refractivity (Wildman–Crippen MR) is 50.8 cm³/mol. The van der Waals surface area contributed by atoms with E-state index in [0.29, 0.717) is 17.2 Å². The SMILES string of the molecule is CC(C)C(C(C)S)N(C)C. The van der Waals surface area contributed by atoms with Crippen molar-refractivity contribution in [3.63, 3.8) is 0 Å². The molecule has 0 heterocycles. The van der Waals surface area contributed by atoms with Crippen LogP contribution in [0.25, 0.3) is 0 Å². The van der Waals surface area contributed by atoms with Gasteiger partial charge in [0.15, 0.2) is 0 Å². The molecule has 0 N–H and O–H groups in total. The molecule has 1 nitrogen and oxygen atoms in total. The van der Waals surface area contributed by atoms with Gasteiger partial charge in [0, 0.05) is 11.3 Å². The van der Waals surface area contributed by atoms with E-state index in [0.717, 1.165) is 0 Å². The first-order valence-corrected chi connectivity index (χ1v) is 4.33. The molecule has 0 aliphatic rings. The Morgan fingerprint density at radius 2 is 1.50 bits per heavy atom. The zero-order chi connectivity index (χ0) is 8.31. The molecule has 0 saturated heterocycles. The Bertz CT molecular complexity index is 70.2. The van der Waals surface area contributed by atoms with Gasteiger partial charge < -0.3 is 4.90 Å². The molecule has 10 heavy (non-hydrogen) atoms. The Labute approximate surface area is 70.2 Å². The van der Waals surface area contributed by atoms with E-state index in [-0.39, 0.29) is 0 Å². The second-order valence-corrected chi connectivity index (χ2v) is 4.25. The van der Waals surface area contributed by atoms with Crippen LogP contribution in [0.2, 0.25) is 0 Å². The van der Waals surface area contributed by atoms with Crippen LogP contribution < -0.4 is 0 Å². The maximum Gasteiger partial charge on any atom is 0.0226 e. The summed E-state index contributed by atoms with van der Waals surface area (Å²) in [5, 5.41) is 0.454. The minimum absolute atomic E-state index is 0.454. The van der Waals surface area contributed by atoms with Crippen LogP contribution in [0, 0.1) is 5.92 Å². The van der Waals surface area contributed by atoms with Crippen molar-refractivity contribution in [3.8, 4) is 0 Å². The molecular weight excluding hydrogens is 142 g/mol. The number of thiol groups is 1. The van der Waals surface area contributed by atoms with Crippen LogP contribution in [0.3, 0.4) is 0 Å². The third-order valence-electron chi connectivity index (χ3n) is 1.77. The summed E-state index contributed by atoms with van der Waals surface area (Å²) in [4.78, 5) is 2.24. The van der Waals surface area contributed by atoms with Gasteiger partial charge in [-0.2, -0.15) is 12.6 Å². The molecular formula is C8H19NS. The third kappa shape index (κ3) is 2.93. The molecule has 0 amide bonds. The van der Waals surface area contributed by atoms with Gasteiger partial charge in [-0.25, -0.2) is 0 Å². The van der Waals surface area contributed by atoms with Gasteiger partial charge in [0.1, 0.15) is 0 Å². The first-order valence-electron chi connectivity index (χ1n) is 3.81. The quantitative estimate of drug-likeness (QED) is 0.619. The fourth-order valence-corrected chi connectivity index (χ4v) is 2.20. The van der Waals surface area contributed by atoms with Crippen molar-refractivity contribution >= 4 is 12.6 Å². The summed E-state index contributed by atoms with van der Waals surface area (Å²) in [5.41, 5.74) is 0. The lowest BCUT2D eigenvalue weighted by molar-refractivity contribution is 0.231. The topological polar surface area (TPSA) is 3.24 Å². The molecule has 2 heteroatoms. The number of hydrogen-bond acceptors (Lipinski definition) is 2. The van der Waals surface area contributed by atoms with Crippen molar-refractivity contribution in [3.05, 3.63) is 0 Å². The van der Waals surface area contributed by atoms with Gasteiger partial charge >= 0.3 is 0 Å². The van der Waals surface area contributed by atoms with Crippen molar-refractivity contribution < 1.29 is 0 Å². The van der Waals surface area contributed by atoms with Gasteiger partial charge in [0.05, 0.1) is 0 Å². The van der Waals surface area contributed by atoms with Crippen molar-refractivity contribution in [2.45, 2.75) is 32.1 Å². The monoisotopic (exact) mass is 161 g/mol. The lowest BCUT2D eigenvalue weighted by atomic mass is 10.0. The molecule has 0 aliphatic carbocycles. The second kappa shape index (κ2) is 4.24. The van der Waals surface area contributed by atoms with Crippen LogP contribution in [0.4, 0.5) is 0 Å². The van der Waals surface area contributed by atoms with E-state index < -0.39 is 0 Å². The maximum absolute atomic E-state index is 4.43. The first kappa shape index (κ1) is 10.3. The second-order valence-electron chi connectivity index (χ2n) is 3.44. The smallest absolute Gasteiger partial charge is 0.0226 e. The molecule has 0 aromatic rings. The number of rotatable bonds is 3. The summed E-state index contributed by atoms with van der Waals surface area (Å²) in [6.45, 7) is 6.61. The van der Waals surface area contributed by atoms with Crippen molar-refractivity contribution in [2.75, 3.05) is 14.1 Å². The van der Waals surface area contributed by atoms with E-state index in [1.54, 1.807) is 0 Å². The number of nitrogens with zero attached hydrogens (tertiary/aromatic N) is 1. The van der Waals surface area contributed by atoms with E-state index in [9.17, 15) is 0 Å². The molecule has 0 aliphatic heterocycles. The Hall–Kier alpha value is 0.310. The Kier molecular flexibility index (Phi) is 4.37. The average Bonchev–Trinajstić information content (AvgIpc) is 1.59. The minimum Gasteiger partial charge on any atom is -0.305 e. The highest BCUT2D eigenvalue weighted by atomic mass is 32.1. The Morgan fingerprint density at radius 1 is 1.10 bits per heavy atom. The highest BCUT2D eigenvalue weighted by Gasteiger charge is 2.19. The summed E-state index contributed by atoms with van der Waals surface area (Å²) < 4.78 is 0. The highest BCUT2D eigenvalue weighted by Crippen LogP contribution is 2.15. The van der Waals surface area contributed by atoms with E-state index in [4.69, 9.17) is 0 Å². The van der Waals surface area contributed by atoms with Gasteiger partial charge in [-0.15, -0.1) is 0 Å². The van der Waals surface area contributed by atoms with Gasteiger partial charge in [0.25, 0.3) is 0 Å². The van der Waals surface area contributed by atoms with Gasteiger partial charge in [-0.3, -0.25) is 0 Å². The van der Waals surface area contributed by atoms with E-state index >= 15 is 0 Å². The van der Waals surface area contributed by atoms with Crippen LogP contribution in [0.1, 0.15) is 20.8 Å². The van der Waals surface area contributed by atoms with Crippen LogP contribution >= 0.6 is 12.6 Å².